The fraction of sp³-hybridized carbons (Fsp3) is 0.462. The Balaban J connectivity index is 2.13. The number of aromatic nitrogens is 1. The SMILES string of the molecule is CNC(=O)c1cnc(N2CCC(C=O)CC2)c(Cl)c1. The van der Waals surface area contributed by atoms with E-state index in [1.807, 2.05) is 0 Å². The molecule has 1 amide bonds. The van der Waals surface area contributed by atoms with Crippen molar-refractivity contribution in [1.29, 1.82) is 0 Å². The molecule has 102 valence electrons. The number of hydrogen-bond donors (Lipinski definition) is 1. The first-order valence-corrected chi connectivity index (χ1v) is 6.61. The van der Waals surface area contributed by atoms with E-state index in [0.717, 1.165) is 32.2 Å². The first-order valence-electron chi connectivity index (χ1n) is 6.23. The average molecular weight is 282 g/mol. The molecule has 1 aromatic heterocycles. The van der Waals surface area contributed by atoms with E-state index in [9.17, 15) is 9.59 Å². The monoisotopic (exact) mass is 281 g/mol. The molecule has 0 saturated carbocycles. The van der Waals surface area contributed by atoms with Crippen LogP contribution in [0.1, 0.15) is 23.2 Å². The van der Waals surface area contributed by atoms with Gasteiger partial charge in [0.2, 0.25) is 0 Å². The van der Waals surface area contributed by atoms with Crippen molar-refractivity contribution in [2.75, 3.05) is 25.0 Å². The predicted octanol–water partition coefficient (Wildman–Crippen LogP) is 1.51. The van der Waals surface area contributed by atoms with Gasteiger partial charge in [0.1, 0.15) is 12.1 Å². The molecule has 0 aliphatic carbocycles. The summed E-state index contributed by atoms with van der Waals surface area (Å²) in [5.74, 6) is 0.611. The number of carbonyl (C=O) groups is 2. The van der Waals surface area contributed by atoms with Gasteiger partial charge in [0.25, 0.3) is 5.91 Å². The minimum Gasteiger partial charge on any atom is -0.355 e. The lowest BCUT2D eigenvalue weighted by Crippen LogP contribution is -2.35. The average Bonchev–Trinajstić information content (AvgIpc) is 2.46. The second-order valence-electron chi connectivity index (χ2n) is 4.57. The zero-order chi connectivity index (χ0) is 13.8. The van der Waals surface area contributed by atoms with Crippen LogP contribution in [0.2, 0.25) is 5.02 Å². The third kappa shape index (κ3) is 3.04. The number of hydrogen-bond acceptors (Lipinski definition) is 4. The van der Waals surface area contributed by atoms with Crippen molar-refractivity contribution in [3.05, 3.63) is 22.8 Å². The fourth-order valence-corrected chi connectivity index (χ4v) is 2.47. The molecule has 1 aliphatic rings. The minimum absolute atomic E-state index is 0.139. The first-order chi connectivity index (χ1) is 9.15. The number of nitrogens with zero attached hydrogens (tertiary/aromatic N) is 2. The number of piperidine rings is 1. The third-order valence-electron chi connectivity index (χ3n) is 3.34. The topological polar surface area (TPSA) is 62.3 Å². The summed E-state index contributed by atoms with van der Waals surface area (Å²) in [6.45, 7) is 1.52. The number of aldehydes is 1. The van der Waals surface area contributed by atoms with Crippen molar-refractivity contribution in [1.82, 2.24) is 10.3 Å². The molecule has 19 heavy (non-hydrogen) atoms. The van der Waals surface area contributed by atoms with Gasteiger partial charge in [-0.05, 0) is 18.9 Å². The maximum Gasteiger partial charge on any atom is 0.252 e. The molecular weight excluding hydrogens is 266 g/mol. The molecule has 1 N–H and O–H groups in total. The Bertz CT molecular complexity index is 485. The van der Waals surface area contributed by atoms with Gasteiger partial charge in [-0.15, -0.1) is 0 Å². The van der Waals surface area contributed by atoms with Gasteiger partial charge in [-0.3, -0.25) is 4.79 Å². The number of halogens is 1. The van der Waals surface area contributed by atoms with E-state index in [0.29, 0.717) is 16.4 Å². The molecule has 0 radical (unpaired) electrons. The Labute approximate surface area is 117 Å². The van der Waals surface area contributed by atoms with Crippen LogP contribution in [-0.4, -0.2) is 37.3 Å². The maximum atomic E-state index is 11.5. The summed E-state index contributed by atoms with van der Waals surface area (Å²) in [5, 5.41) is 2.99. The van der Waals surface area contributed by atoms with E-state index in [1.165, 1.54) is 6.20 Å². The van der Waals surface area contributed by atoms with E-state index in [-0.39, 0.29) is 11.8 Å². The second kappa shape index (κ2) is 6.02. The molecule has 1 fully saturated rings. The summed E-state index contributed by atoms with van der Waals surface area (Å²) in [7, 11) is 1.56. The van der Waals surface area contributed by atoms with Crippen molar-refractivity contribution in [3.8, 4) is 0 Å². The number of anilines is 1. The highest BCUT2D eigenvalue weighted by molar-refractivity contribution is 6.33. The number of amides is 1. The summed E-state index contributed by atoms with van der Waals surface area (Å²) in [6, 6.07) is 1.62. The smallest absolute Gasteiger partial charge is 0.252 e. The third-order valence-corrected chi connectivity index (χ3v) is 3.62. The molecule has 1 aromatic rings. The number of rotatable bonds is 3. The molecule has 5 nitrogen and oxygen atoms in total. The molecule has 0 aromatic carbocycles. The fourth-order valence-electron chi connectivity index (χ4n) is 2.18. The molecule has 6 heteroatoms. The summed E-state index contributed by atoms with van der Waals surface area (Å²) in [6.07, 6.45) is 4.17. The van der Waals surface area contributed by atoms with E-state index < -0.39 is 0 Å². The molecule has 0 bridgehead atoms. The van der Waals surface area contributed by atoms with Crippen LogP contribution < -0.4 is 10.2 Å². The van der Waals surface area contributed by atoms with Crippen molar-refractivity contribution in [2.45, 2.75) is 12.8 Å². The summed E-state index contributed by atoms with van der Waals surface area (Å²) in [4.78, 5) is 28.5. The Morgan fingerprint density at radius 3 is 2.74 bits per heavy atom. The zero-order valence-electron chi connectivity index (χ0n) is 10.7. The molecule has 0 unspecified atom stereocenters. The van der Waals surface area contributed by atoms with Crippen LogP contribution in [0, 0.1) is 5.92 Å². The Morgan fingerprint density at radius 2 is 2.21 bits per heavy atom. The van der Waals surface area contributed by atoms with Gasteiger partial charge in [-0.25, -0.2) is 4.98 Å². The molecule has 1 saturated heterocycles. The summed E-state index contributed by atoms with van der Waals surface area (Å²) in [5.41, 5.74) is 0.444. The first kappa shape index (κ1) is 13.8. The lowest BCUT2D eigenvalue weighted by molar-refractivity contribution is -0.111. The Hall–Kier alpha value is -1.62. The summed E-state index contributed by atoms with van der Waals surface area (Å²) < 4.78 is 0. The van der Waals surface area contributed by atoms with Crippen molar-refractivity contribution >= 4 is 29.6 Å². The van der Waals surface area contributed by atoms with Crippen molar-refractivity contribution in [3.63, 3.8) is 0 Å². The van der Waals surface area contributed by atoms with Crippen molar-refractivity contribution in [2.24, 2.45) is 5.92 Å². The predicted molar refractivity (Wildman–Crippen MR) is 73.6 cm³/mol. The van der Waals surface area contributed by atoms with Gasteiger partial charge in [0.05, 0.1) is 10.6 Å². The van der Waals surface area contributed by atoms with Gasteiger partial charge in [0.15, 0.2) is 0 Å². The molecule has 1 aliphatic heterocycles. The largest absolute Gasteiger partial charge is 0.355 e. The number of nitrogens with one attached hydrogen (secondary N) is 1. The number of pyridine rings is 1. The van der Waals surface area contributed by atoms with Crippen LogP contribution >= 0.6 is 11.6 Å². The summed E-state index contributed by atoms with van der Waals surface area (Å²) >= 11 is 6.18. The van der Waals surface area contributed by atoms with Gasteiger partial charge in [0, 0.05) is 32.3 Å². The van der Waals surface area contributed by atoms with Gasteiger partial charge < -0.3 is 15.0 Å². The van der Waals surface area contributed by atoms with E-state index >= 15 is 0 Å². The molecule has 0 spiro atoms. The van der Waals surface area contributed by atoms with Crippen LogP contribution in [0.15, 0.2) is 12.3 Å². The molecule has 2 rings (SSSR count). The van der Waals surface area contributed by atoms with Crippen LogP contribution in [0.5, 0.6) is 0 Å². The van der Waals surface area contributed by atoms with E-state index in [1.54, 1.807) is 13.1 Å². The molecule has 0 atom stereocenters. The van der Waals surface area contributed by atoms with E-state index in [2.05, 4.69) is 15.2 Å². The maximum absolute atomic E-state index is 11.5. The normalized spacial score (nSPS) is 16.2. The second-order valence-corrected chi connectivity index (χ2v) is 4.98. The quantitative estimate of drug-likeness (QED) is 0.853. The number of carbonyl (C=O) groups excluding carboxylic acids is 2. The zero-order valence-corrected chi connectivity index (χ0v) is 11.5. The highest BCUT2D eigenvalue weighted by Gasteiger charge is 2.21. The Morgan fingerprint density at radius 1 is 1.53 bits per heavy atom. The van der Waals surface area contributed by atoms with Crippen LogP contribution in [-0.2, 0) is 4.79 Å². The van der Waals surface area contributed by atoms with Gasteiger partial charge in [-0.1, -0.05) is 11.6 Å². The highest BCUT2D eigenvalue weighted by atomic mass is 35.5. The minimum atomic E-state index is -0.208. The van der Waals surface area contributed by atoms with Crippen LogP contribution in [0.4, 0.5) is 5.82 Å². The molecular formula is C13H16ClN3O2. The highest BCUT2D eigenvalue weighted by Crippen LogP contribution is 2.27. The van der Waals surface area contributed by atoms with Crippen molar-refractivity contribution < 1.29 is 9.59 Å². The van der Waals surface area contributed by atoms with Crippen LogP contribution in [0.25, 0.3) is 0 Å². The molecule has 2 heterocycles. The van der Waals surface area contributed by atoms with E-state index in [4.69, 9.17) is 11.6 Å². The van der Waals surface area contributed by atoms with Gasteiger partial charge >= 0.3 is 0 Å². The van der Waals surface area contributed by atoms with Gasteiger partial charge in [-0.2, -0.15) is 0 Å². The Kier molecular flexibility index (Phi) is 4.37. The standard InChI is InChI=1S/C13H16ClN3O2/c1-15-13(19)10-6-11(14)12(16-7-10)17-4-2-9(8-18)3-5-17/h6-9H,2-5H2,1H3,(H,15,19). The lowest BCUT2D eigenvalue weighted by Gasteiger charge is -2.31. The lowest BCUT2D eigenvalue weighted by atomic mass is 9.99. The van der Waals surface area contributed by atoms with Crippen LogP contribution in [0.3, 0.4) is 0 Å².